The zero-order valence-electron chi connectivity index (χ0n) is 8.06. The Morgan fingerprint density at radius 3 is 1.83 bits per heavy atom. The van der Waals surface area contributed by atoms with Crippen LogP contribution >= 0.6 is 0 Å². The van der Waals surface area contributed by atoms with Crippen molar-refractivity contribution in [2.75, 3.05) is 6.61 Å². The molecule has 2 spiro atoms. The minimum absolute atomic E-state index is 0.201. The van der Waals surface area contributed by atoms with Gasteiger partial charge >= 0.3 is 0 Å². The first-order valence-corrected chi connectivity index (χ1v) is 5.20. The second kappa shape index (κ2) is 1.66. The van der Waals surface area contributed by atoms with Crippen molar-refractivity contribution in [1.82, 2.24) is 0 Å². The number of aliphatic hydroxyl groups excluding tert-OH is 1. The van der Waals surface area contributed by atoms with Crippen LogP contribution in [0.5, 0.6) is 0 Å². The highest BCUT2D eigenvalue weighted by Crippen LogP contribution is 2.95. The highest BCUT2D eigenvalue weighted by atomic mass is 16.3. The monoisotopic (exact) mass is 162 g/mol. The molecule has 0 heterocycles. The lowest BCUT2D eigenvalue weighted by atomic mass is 9.51. The van der Waals surface area contributed by atoms with Gasteiger partial charge in [-0.05, 0) is 42.4 Å². The molecule has 0 atom stereocenters. The zero-order valence-corrected chi connectivity index (χ0v) is 8.06. The molecular weight excluding hydrogens is 146 g/mol. The van der Waals surface area contributed by atoms with Gasteiger partial charge in [-0.25, -0.2) is 0 Å². The van der Waals surface area contributed by atoms with Crippen LogP contribution < -0.4 is 0 Å². The van der Waals surface area contributed by atoms with Gasteiger partial charge in [0.1, 0.15) is 15.7 Å². The molecule has 0 aliphatic heterocycles. The Bertz CT molecular complexity index is 223. The molecule has 3 saturated carbocycles. The van der Waals surface area contributed by atoms with Gasteiger partial charge in [0.25, 0.3) is 0 Å². The van der Waals surface area contributed by atoms with Gasteiger partial charge in [-0.2, -0.15) is 0 Å². The Morgan fingerprint density at radius 2 is 1.58 bits per heavy atom. The number of aliphatic hydroxyl groups is 1. The molecule has 0 bridgehead atoms. The fourth-order valence-electron chi connectivity index (χ4n) is 4.17. The van der Waals surface area contributed by atoms with E-state index >= 15 is 0 Å². The zero-order chi connectivity index (χ0) is 8.61. The molecule has 0 aromatic carbocycles. The van der Waals surface area contributed by atoms with Crippen LogP contribution in [0.2, 0.25) is 5.21 Å². The van der Waals surface area contributed by atoms with Gasteiger partial charge in [0.15, 0.2) is 0 Å². The van der Waals surface area contributed by atoms with E-state index in [4.69, 9.17) is 0 Å². The fourth-order valence-corrected chi connectivity index (χ4v) is 4.17. The van der Waals surface area contributed by atoms with Crippen LogP contribution in [0.25, 0.3) is 0 Å². The predicted octanol–water partition coefficient (Wildman–Crippen LogP) is -0.449. The SMILES string of the molecule is BC(B)(CO)C1C2(CC2)C12CC2. The van der Waals surface area contributed by atoms with Gasteiger partial charge in [0.2, 0.25) is 0 Å². The van der Waals surface area contributed by atoms with E-state index in [9.17, 15) is 5.11 Å². The summed E-state index contributed by atoms with van der Waals surface area (Å²) in [5.74, 6) is 0.863. The summed E-state index contributed by atoms with van der Waals surface area (Å²) < 4.78 is 0. The van der Waals surface area contributed by atoms with E-state index in [2.05, 4.69) is 15.7 Å². The van der Waals surface area contributed by atoms with Crippen molar-refractivity contribution in [2.24, 2.45) is 16.7 Å². The minimum Gasteiger partial charge on any atom is -0.397 e. The first-order valence-electron chi connectivity index (χ1n) is 5.20. The summed E-state index contributed by atoms with van der Waals surface area (Å²) in [7, 11) is 4.48. The maximum atomic E-state index is 9.32. The van der Waals surface area contributed by atoms with Gasteiger partial charge in [-0.15, -0.1) is 0 Å². The molecule has 3 rings (SSSR count). The molecule has 0 aromatic heterocycles. The van der Waals surface area contributed by atoms with Gasteiger partial charge < -0.3 is 5.11 Å². The standard InChI is InChI=1S/C9H16B2O/c10-9(11,5-12)6-7(1-2-7)8(6)3-4-8/h6,12H,1-5,10-11H2. The molecule has 0 saturated heterocycles. The Hall–Kier alpha value is 0.0899. The second-order valence-electron chi connectivity index (χ2n) is 5.89. The lowest BCUT2D eigenvalue weighted by Gasteiger charge is -2.22. The van der Waals surface area contributed by atoms with Crippen LogP contribution in [0.4, 0.5) is 0 Å². The molecule has 1 N–H and O–H groups in total. The van der Waals surface area contributed by atoms with Gasteiger partial charge in [-0.1, -0.05) is 5.21 Å². The Morgan fingerprint density at radius 1 is 1.17 bits per heavy atom. The van der Waals surface area contributed by atoms with Gasteiger partial charge in [0.05, 0.1) is 0 Å². The maximum absolute atomic E-state index is 9.32. The topological polar surface area (TPSA) is 20.2 Å². The van der Waals surface area contributed by atoms with Crippen molar-refractivity contribution in [1.29, 1.82) is 0 Å². The average molecular weight is 162 g/mol. The highest BCUT2D eigenvalue weighted by Gasteiger charge is 2.88. The number of fused-ring (bicyclic) bond motifs is 1. The molecule has 3 aliphatic rings. The molecule has 0 radical (unpaired) electrons. The normalized spacial score (nSPS) is 38.6. The highest BCUT2D eigenvalue weighted by molar-refractivity contribution is 6.40. The van der Waals surface area contributed by atoms with Crippen LogP contribution in [0.1, 0.15) is 25.7 Å². The van der Waals surface area contributed by atoms with Crippen LogP contribution in [0.3, 0.4) is 0 Å². The van der Waals surface area contributed by atoms with Crippen LogP contribution in [-0.2, 0) is 0 Å². The number of hydrogen-bond acceptors (Lipinski definition) is 1. The molecule has 64 valence electrons. The summed E-state index contributed by atoms with van der Waals surface area (Å²) in [4.78, 5) is 0. The smallest absolute Gasteiger partial charge is 0.102 e. The van der Waals surface area contributed by atoms with E-state index < -0.39 is 0 Å². The second-order valence-corrected chi connectivity index (χ2v) is 5.89. The third kappa shape index (κ3) is 0.575. The minimum atomic E-state index is 0.201. The largest absolute Gasteiger partial charge is 0.397 e. The molecule has 0 amide bonds. The van der Waals surface area contributed by atoms with E-state index in [1.807, 2.05) is 0 Å². The molecule has 3 fully saturated rings. The predicted molar refractivity (Wildman–Crippen MR) is 53.7 cm³/mol. The fraction of sp³-hybridized carbons (Fsp3) is 1.00. The van der Waals surface area contributed by atoms with E-state index in [-0.39, 0.29) is 5.21 Å². The van der Waals surface area contributed by atoms with Crippen molar-refractivity contribution in [3.8, 4) is 0 Å². The van der Waals surface area contributed by atoms with Gasteiger partial charge in [-0.3, -0.25) is 0 Å². The summed E-state index contributed by atoms with van der Waals surface area (Å²) in [6.07, 6.45) is 5.84. The summed E-state index contributed by atoms with van der Waals surface area (Å²) in [5.41, 5.74) is 1.50. The summed E-state index contributed by atoms with van der Waals surface area (Å²) >= 11 is 0. The molecule has 3 aliphatic carbocycles. The first-order chi connectivity index (χ1) is 5.59. The van der Waals surface area contributed by atoms with Crippen LogP contribution in [0.15, 0.2) is 0 Å². The van der Waals surface area contributed by atoms with E-state index in [1.165, 1.54) is 25.7 Å². The Labute approximate surface area is 75.7 Å². The molecule has 3 heteroatoms. The maximum Gasteiger partial charge on any atom is 0.102 e. The van der Waals surface area contributed by atoms with Crippen molar-refractivity contribution >= 4 is 15.7 Å². The third-order valence-corrected chi connectivity index (χ3v) is 4.78. The summed E-state index contributed by atoms with van der Waals surface area (Å²) in [6.45, 7) is 0.376. The van der Waals surface area contributed by atoms with Crippen molar-refractivity contribution in [2.45, 2.75) is 30.9 Å². The Kier molecular flexibility index (Phi) is 1.04. The Balaban J connectivity index is 1.88. The quantitative estimate of drug-likeness (QED) is 0.545. The third-order valence-electron chi connectivity index (χ3n) is 4.78. The van der Waals surface area contributed by atoms with Crippen LogP contribution in [-0.4, -0.2) is 27.4 Å². The first kappa shape index (κ1) is 7.49. The van der Waals surface area contributed by atoms with Crippen molar-refractivity contribution < 1.29 is 5.11 Å². The molecule has 0 aromatic rings. The van der Waals surface area contributed by atoms with Gasteiger partial charge in [0, 0.05) is 6.61 Å². The number of hydrogen-bond donors (Lipinski definition) is 1. The number of rotatable bonds is 2. The lowest BCUT2D eigenvalue weighted by Crippen LogP contribution is -2.22. The average Bonchev–Trinajstić information content (AvgIpc) is 2.83. The molecule has 12 heavy (non-hydrogen) atoms. The lowest BCUT2D eigenvalue weighted by molar-refractivity contribution is 0.256. The molecule has 0 unspecified atom stereocenters. The summed E-state index contributed by atoms with van der Waals surface area (Å²) in [5, 5.41) is 9.53. The van der Waals surface area contributed by atoms with E-state index in [1.54, 1.807) is 0 Å². The molecule has 1 nitrogen and oxygen atoms in total. The van der Waals surface area contributed by atoms with E-state index in [0.29, 0.717) is 6.61 Å². The summed E-state index contributed by atoms with van der Waals surface area (Å²) in [6, 6.07) is 0. The van der Waals surface area contributed by atoms with Crippen molar-refractivity contribution in [3.05, 3.63) is 0 Å². The van der Waals surface area contributed by atoms with Crippen LogP contribution in [0, 0.1) is 16.7 Å². The van der Waals surface area contributed by atoms with Crippen molar-refractivity contribution in [3.63, 3.8) is 0 Å². The van der Waals surface area contributed by atoms with E-state index in [0.717, 1.165) is 16.7 Å². The molecular formula is C9H16B2O.